The second-order valence-electron chi connectivity index (χ2n) is 6.98. The third kappa shape index (κ3) is 7.22. The number of hydrogen-bond donors (Lipinski definition) is 4. The largest absolute Gasteiger partial charge is 0.508 e. The summed E-state index contributed by atoms with van der Waals surface area (Å²) in [4.78, 5) is 34.2. The normalized spacial score (nSPS) is 11.9. The molecular weight excluding hydrogens is 402 g/mol. The number of rotatable bonds is 11. The first-order valence-electron chi connectivity index (χ1n) is 9.86. The summed E-state index contributed by atoms with van der Waals surface area (Å²) in [5.41, 5.74) is 0.937. The standard InChI is InChI=1S/C22H25N3O6/c1-14(21(29)23-12-6-2-3-9-20(27)28)17-13-15(10-11-19(17)26)24-25-18-8-5-4-7-16(18)22(30)31/h4-5,7-8,10-11,13-14,26H,2-3,6,9,12H2,1H3,(H,23,29)(H,27,28)(H,30,31). The van der Waals surface area contributed by atoms with Crippen LogP contribution in [0.2, 0.25) is 0 Å². The van der Waals surface area contributed by atoms with Crippen molar-refractivity contribution in [2.75, 3.05) is 6.54 Å². The minimum atomic E-state index is -1.12. The predicted molar refractivity (Wildman–Crippen MR) is 113 cm³/mol. The van der Waals surface area contributed by atoms with Crippen LogP contribution in [0.25, 0.3) is 0 Å². The molecule has 1 unspecified atom stereocenters. The summed E-state index contributed by atoms with van der Waals surface area (Å²) in [7, 11) is 0. The van der Waals surface area contributed by atoms with Gasteiger partial charge in [0.2, 0.25) is 5.91 Å². The number of hydrogen-bond acceptors (Lipinski definition) is 6. The summed E-state index contributed by atoms with van der Waals surface area (Å²) in [6.45, 7) is 2.06. The molecule has 2 aromatic rings. The minimum absolute atomic E-state index is 0.0151. The summed E-state index contributed by atoms with van der Waals surface area (Å²) in [6.07, 6.45) is 2.02. The number of benzene rings is 2. The van der Waals surface area contributed by atoms with Crippen LogP contribution in [0.4, 0.5) is 11.4 Å². The quantitative estimate of drug-likeness (QED) is 0.309. The van der Waals surface area contributed by atoms with Gasteiger partial charge in [-0.3, -0.25) is 9.59 Å². The van der Waals surface area contributed by atoms with Gasteiger partial charge < -0.3 is 20.6 Å². The van der Waals surface area contributed by atoms with Crippen molar-refractivity contribution >= 4 is 29.2 Å². The molecule has 0 saturated heterocycles. The van der Waals surface area contributed by atoms with E-state index in [1.54, 1.807) is 19.1 Å². The van der Waals surface area contributed by atoms with Crippen LogP contribution in [0.5, 0.6) is 5.75 Å². The lowest BCUT2D eigenvalue weighted by Crippen LogP contribution is -2.28. The molecule has 1 atom stereocenters. The van der Waals surface area contributed by atoms with Crippen molar-refractivity contribution in [3.05, 3.63) is 53.6 Å². The van der Waals surface area contributed by atoms with Crippen molar-refractivity contribution in [2.24, 2.45) is 10.2 Å². The van der Waals surface area contributed by atoms with Gasteiger partial charge in [-0.1, -0.05) is 18.6 Å². The molecule has 0 heterocycles. The zero-order valence-corrected chi connectivity index (χ0v) is 17.1. The maximum absolute atomic E-state index is 12.4. The molecule has 0 saturated carbocycles. The Morgan fingerprint density at radius 1 is 1.00 bits per heavy atom. The van der Waals surface area contributed by atoms with Gasteiger partial charge in [-0.2, -0.15) is 5.11 Å². The number of nitrogens with zero attached hydrogens (tertiary/aromatic N) is 2. The first-order chi connectivity index (χ1) is 14.8. The monoisotopic (exact) mass is 427 g/mol. The molecule has 0 spiro atoms. The Balaban J connectivity index is 2.02. The lowest BCUT2D eigenvalue weighted by molar-refractivity contribution is -0.137. The van der Waals surface area contributed by atoms with E-state index in [9.17, 15) is 24.6 Å². The average molecular weight is 427 g/mol. The highest BCUT2D eigenvalue weighted by molar-refractivity contribution is 5.93. The molecule has 164 valence electrons. The SMILES string of the molecule is CC(C(=O)NCCCCCC(=O)O)c1cc(N=Nc2ccccc2C(=O)O)ccc1O. The van der Waals surface area contributed by atoms with Crippen LogP contribution in [-0.2, 0) is 9.59 Å². The summed E-state index contributed by atoms with van der Waals surface area (Å²) in [5, 5.41) is 38.8. The fourth-order valence-electron chi connectivity index (χ4n) is 2.89. The van der Waals surface area contributed by atoms with Crippen molar-refractivity contribution in [2.45, 2.75) is 38.5 Å². The number of amides is 1. The molecule has 0 bridgehead atoms. The van der Waals surface area contributed by atoms with Crippen LogP contribution < -0.4 is 5.32 Å². The van der Waals surface area contributed by atoms with Crippen LogP contribution in [0.3, 0.4) is 0 Å². The number of carbonyl (C=O) groups excluding carboxylic acids is 1. The summed E-state index contributed by atoms with van der Waals surface area (Å²) < 4.78 is 0. The number of phenolic OH excluding ortho intramolecular Hbond substituents is 1. The van der Waals surface area contributed by atoms with Crippen molar-refractivity contribution in [3.8, 4) is 5.75 Å². The van der Waals surface area contributed by atoms with Crippen molar-refractivity contribution in [3.63, 3.8) is 0 Å². The van der Waals surface area contributed by atoms with E-state index in [0.29, 0.717) is 37.1 Å². The van der Waals surface area contributed by atoms with Gasteiger partial charge in [0.25, 0.3) is 0 Å². The van der Waals surface area contributed by atoms with Gasteiger partial charge in [0.1, 0.15) is 11.4 Å². The third-order valence-electron chi connectivity index (χ3n) is 4.65. The molecule has 0 radical (unpaired) electrons. The number of carboxylic acids is 2. The minimum Gasteiger partial charge on any atom is -0.508 e. The van der Waals surface area contributed by atoms with Crippen molar-refractivity contribution in [1.82, 2.24) is 5.32 Å². The molecule has 0 aromatic heterocycles. The van der Waals surface area contributed by atoms with E-state index in [-0.39, 0.29) is 29.3 Å². The Bertz CT molecular complexity index is 973. The van der Waals surface area contributed by atoms with Gasteiger partial charge in [-0.05, 0) is 50.1 Å². The number of azo groups is 1. The van der Waals surface area contributed by atoms with E-state index in [2.05, 4.69) is 15.5 Å². The van der Waals surface area contributed by atoms with Crippen LogP contribution >= 0.6 is 0 Å². The first-order valence-corrected chi connectivity index (χ1v) is 9.86. The number of carbonyl (C=O) groups is 3. The maximum atomic E-state index is 12.4. The molecule has 0 fully saturated rings. The molecule has 0 aliphatic heterocycles. The van der Waals surface area contributed by atoms with E-state index in [4.69, 9.17) is 5.11 Å². The Morgan fingerprint density at radius 3 is 2.45 bits per heavy atom. The molecule has 31 heavy (non-hydrogen) atoms. The number of aliphatic carboxylic acids is 1. The number of unbranched alkanes of at least 4 members (excludes halogenated alkanes) is 2. The molecule has 0 aliphatic carbocycles. The van der Waals surface area contributed by atoms with Gasteiger partial charge in [-0.25, -0.2) is 4.79 Å². The van der Waals surface area contributed by atoms with E-state index in [0.717, 1.165) is 0 Å². The van der Waals surface area contributed by atoms with Crippen molar-refractivity contribution in [1.29, 1.82) is 0 Å². The number of aromatic hydroxyl groups is 1. The fourth-order valence-corrected chi connectivity index (χ4v) is 2.89. The summed E-state index contributed by atoms with van der Waals surface area (Å²) >= 11 is 0. The zero-order chi connectivity index (χ0) is 22.8. The van der Waals surface area contributed by atoms with Crippen LogP contribution in [0.1, 0.15) is 54.4 Å². The number of nitrogens with one attached hydrogen (secondary N) is 1. The smallest absolute Gasteiger partial charge is 0.337 e. The van der Waals surface area contributed by atoms with Gasteiger partial charge >= 0.3 is 11.9 Å². The van der Waals surface area contributed by atoms with Crippen LogP contribution in [0.15, 0.2) is 52.7 Å². The highest BCUT2D eigenvalue weighted by atomic mass is 16.4. The van der Waals surface area contributed by atoms with Crippen LogP contribution in [-0.4, -0.2) is 39.7 Å². The Kier molecular flexibility index (Phi) is 8.68. The van der Waals surface area contributed by atoms with E-state index < -0.39 is 17.9 Å². The highest BCUT2D eigenvalue weighted by Gasteiger charge is 2.19. The lowest BCUT2D eigenvalue weighted by atomic mass is 9.98. The number of phenols is 1. The Morgan fingerprint density at radius 2 is 1.74 bits per heavy atom. The van der Waals surface area contributed by atoms with Gasteiger partial charge in [0, 0.05) is 18.5 Å². The lowest BCUT2D eigenvalue weighted by Gasteiger charge is -2.14. The highest BCUT2D eigenvalue weighted by Crippen LogP contribution is 2.31. The first kappa shape index (κ1) is 23.5. The predicted octanol–water partition coefficient (Wildman–Crippen LogP) is 4.37. The maximum Gasteiger partial charge on any atom is 0.337 e. The molecule has 4 N–H and O–H groups in total. The van der Waals surface area contributed by atoms with Gasteiger partial charge in [-0.15, -0.1) is 5.11 Å². The third-order valence-corrected chi connectivity index (χ3v) is 4.65. The zero-order valence-electron chi connectivity index (χ0n) is 17.1. The second kappa shape index (κ2) is 11.4. The molecule has 1 amide bonds. The van der Waals surface area contributed by atoms with E-state index >= 15 is 0 Å². The van der Waals surface area contributed by atoms with Crippen LogP contribution in [0, 0.1) is 0 Å². The topological polar surface area (TPSA) is 149 Å². The second-order valence-corrected chi connectivity index (χ2v) is 6.98. The molecular formula is C22H25N3O6. The Hall–Kier alpha value is -3.75. The van der Waals surface area contributed by atoms with Gasteiger partial charge in [0.15, 0.2) is 0 Å². The molecule has 2 rings (SSSR count). The average Bonchev–Trinajstić information content (AvgIpc) is 2.74. The Labute approximate surface area is 179 Å². The fraction of sp³-hybridized carbons (Fsp3) is 0.318. The van der Waals surface area contributed by atoms with Crippen molar-refractivity contribution < 1.29 is 29.7 Å². The number of carboxylic acid groups (broad SMARTS) is 2. The number of aromatic carboxylic acids is 1. The molecule has 9 heteroatoms. The summed E-state index contributed by atoms with van der Waals surface area (Å²) in [6, 6.07) is 10.6. The van der Waals surface area contributed by atoms with E-state index in [1.807, 2.05) is 0 Å². The van der Waals surface area contributed by atoms with E-state index in [1.165, 1.54) is 30.3 Å². The molecule has 0 aliphatic rings. The molecule has 2 aromatic carbocycles. The summed E-state index contributed by atoms with van der Waals surface area (Å²) in [5.74, 6) is -2.95. The van der Waals surface area contributed by atoms with Gasteiger partial charge in [0.05, 0.1) is 17.2 Å². The molecule has 9 nitrogen and oxygen atoms in total.